The maximum Gasteiger partial charge on any atom is 0.359 e. The summed E-state index contributed by atoms with van der Waals surface area (Å²) in [5.41, 5.74) is 3.03. The number of aromatic nitrogens is 2. The van der Waals surface area contributed by atoms with Gasteiger partial charge in [-0.25, -0.2) is 4.79 Å². The maximum atomic E-state index is 12.0. The molecule has 1 aliphatic carbocycles. The normalized spacial score (nSPS) is 16.8. The summed E-state index contributed by atoms with van der Waals surface area (Å²) in [6.07, 6.45) is 5.98. The largest absolute Gasteiger partial charge is 0.451 e. The number of carbonyl (C=O) groups is 2. The van der Waals surface area contributed by atoms with E-state index in [2.05, 4.69) is 20.4 Å². The third-order valence-corrected chi connectivity index (χ3v) is 5.03. The zero-order chi connectivity index (χ0) is 18.6. The van der Waals surface area contributed by atoms with Crippen LogP contribution in [0.3, 0.4) is 0 Å². The van der Waals surface area contributed by atoms with Crippen molar-refractivity contribution in [3.8, 4) is 0 Å². The van der Waals surface area contributed by atoms with Crippen LogP contribution in [0.15, 0.2) is 30.3 Å². The molecule has 27 heavy (non-hydrogen) atoms. The van der Waals surface area contributed by atoms with Gasteiger partial charge < -0.3 is 15.0 Å². The number of hydrogen-bond donors (Lipinski definition) is 2. The van der Waals surface area contributed by atoms with Crippen LogP contribution in [-0.2, 0) is 9.53 Å². The molecule has 0 unspecified atom stereocenters. The third kappa shape index (κ3) is 4.48. The molecule has 2 aromatic rings. The second kappa shape index (κ2) is 7.82. The molecule has 2 N–H and O–H groups in total. The Balaban J connectivity index is 1.25. The molecule has 4 rings (SSSR count). The van der Waals surface area contributed by atoms with Crippen molar-refractivity contribution >= 4 is 23.3 Å². The van der Waals surface area contributed by atoms with Crippen molar-refractivity contribution in [3.63, 3.8) is 0 Å². The molecular weight excluding hydrogens is 344 g/mol. The van der Waals surface area contributed by atoms with E-state index in [9.17, 15) is 9.59 Å². The molecule has 7 nitrogen and oxygen atoms in total. The summed E-state index contributed by atoms with van der Waals surface area (Å²) in [5, 5.41) is 9.56. The van der Waals surface area contributed by atoms with Gasteiger partial charge in [0.2, 0.25) is 0 Å². The van der Waals surface area contributed by atoms with E-state index in [4.69, 9.17) is 4.74 Å². The van der Waals surface area contributed by atoms with E-state index in [1.165, 1.54) is 24.9 Å². The average Bonchev–Trinajstić information content (AvgIpc) is 3.44. The van der Waals surface area contributed by atoms with Crippen LogP contribution in [0.5, 0.6) is 0 Å². The Morgan fingerprint density at radius 2 is 1.89 bits per heavy atom. The fraction of sp³-hybridized carbons (Fsp3) is 0.450. The molecule has 1 amide bonds. The highest BCUT2D eigenvalue weighted by molar-refractivity contribution is 5.95. The topological polar surface area (TPSA) is 87.3 Å². The fourth-order valence-corrected chi connectivity index (χ4v) is 3.35. The number of carbonyl (C=O) groups excluding carboxylic acids is 2. The van der Waals surface area contributed by atoms with Crippen molar-refractivity contribution in [2.75, 3.05) is 29.9 Å². The van der Waals surface area contributed by atoms with Crippen LogP contribution in [-0.4, -0.2) is 41.8 Å². The molecule has 0 spiro atoms. The number of aromatic amines is 1. The Morgan fingerprint density at radius 3 is 2.59 bits per heavy atom. The first-order chi connectivity index (χ1) is 13.2. The smallest absolute Gasteiger partial charge is 0.359 e. The Morgan fingerprint density at radius 1 is 1.15 bits per heavy atom. The van der Waals surface area contributed by atoms with Gasteiger partial charge in [0, 0.05) is 36.1 Å². The van der Waals surface area contributed by atoms with Gasteiger partial charge in [0.1, 0.15) is 0 Å². The maximum absolute atomic E-state index is 12.0. The number of nitrogens with zero attached hydrogens (tertiary/aromatic N) is 2. The molecule has 2 aliphatic rings. The first-order valence-corrected chi connectivity index (χ1v) is 9.56. The van der Waals surface area contributed by atoms with Crippen molar-refractivity contribution in [2.45, 2.75) is 38.0 Å². The number of ether oxygens (including phenoxy) is 1. The minimum atomic E-state index is -0.589. The molecule has 1 aliphatic heterocycles. The Hall–Kier alpha value is -2.83. The first kappa shape index (κ1) is 17.6. The molecule has 2 fully saturated rings. The van der Waals surface area contributed by atoms with Crippen LogP contribution in [0.1, 0.15) is 54.2 Å². The second-order valence-corrected chi connectivity index (χ2v) is 7.20. The van der Waals surface area contributed by atoms with Crippen LogP contribution in [0.2, 0.25) is 0 Å². The van der Waals surface area contributed by atoms with Gasteiger partial charge in [0.15, 0.2) is 12.3 Å². The molecular formula is C20H24N4O3. The number of anilines is 2. The van der Waals surface area contributed by atoms with Crippen molar-refractivity contribution in [1.82, 2.24) is 10.2 Å². The Bertz CT molecular complexity index is 805. The fourth-order valence-electron chi connectivity index (χ4n) is 3.35. The van der Waals surface area contributed by atoms with Crippen molar-refractivity contribution < 1.29 is 14.3 Å². The number of nitrogens with one attached hydrogen (secondary N) is 2. The van der Waals surface area contributed by atoms with Gasteiger partial charge in [0.05, 0.1) is 0 Å². The minimum Gasteiger partial charge on any atom is -0.451 e. The first-order valence-electron chi connectivity index (χ1n) is 9.56. The number of H-pyrrole nitrogens is 1. The molecule has 0 atom stereocenters. The zero-order valence-electron chi connectivity index (χ0n) is 15.2. The lowest BCUT2D eigenvalue weighted by atomic mass is 10.1. The number of esters is 1. The molecule has 1 aromatic heterocycles. The predicted molar refractivity (Wildman–Crippen MR) is 102 cm³/mol. The van der Waals surface area contributed by atoms with E-state index in [0.717, 1.165) is 31.6 Å². The highest BCUT2D eigenvalue weighted by atomic mass is 16.5. The Labute approximate surface area is 158 Å². The van der Waals surface area contributed by atoms with Crippen LogP contribution >= 0.6 is 0 Å². The lowest BCUT2D eigenvalue weighted by Gasteiger charge is -2.28. The highest BCUT2D eigenvalue weighted by Crippen LogP contribution is 2.39. The van der Waals surface area contributed by atoms with Gasteiger partial charge in [-0.05, 0) is 62.4 Å². The minimum absolute atomic E-state index is 0.218. The van der Waals surface area contributed by atoms with Crippen LogP contribution in [0.25, 0.3) is 0 Å². The van der Waals surface area contributed by atoms with E-state index >= 15 is 0 Å². The van der Waals surface area contributed by atoms with Crippen molar-refractivity contribution in [1.29, 1.82) is 0 Å². The molecule has 1 saturated heterocycles. The van der Waals surface area contributed by atoms with Gasteiger partial charge in [0.25, 0.3) is 5.91 Å². The summed E-state index contributed by atoms with van der Waals surface area (Å²) in [7, 11) is 0. The highest BCUT2D eigenvalue weighted by Gasteiger charge is 2.27. The van der Waals surface area contributed by atoms with Crippen LogP contribution < -0.4 is 10.2 Å². The standard InChI is InChI=1S/C20H24N4O3/c25-19(13-27-20(26)18-12-17(22-23-18)14-4-5-14)21-15-6-8-16(9-7-15)24-10-2-1-3-11-24/h6-9,12,14H,1-5,10-11,13H2,(H,21,25)(H,22,23). The van der Waals surface area contributed by atoms with Gasteiger partial charge >= 0.3 is 5.97 Å². The van der Waals surface area contributed by atoms with Crippen LogP contribution in [0, 0.1) is 0 Å². The van der Waals surface area contributed by atoms with Gasteiger partial charge in [-0.2, -0.15) is 5.10 Å². The van der Waals surface area contributed by atoms with Gasteiger partial charge in [-0.1, -0.05) is 0 Å². The number of piperidine rings is 1. The van der Waals surface area contributed by atoms with Crippen molar-refractivity contribution in [2.24, 2.45) is 0 Å². The summed E-state index contributed by atoms with van der Waals surface area (Å²) >= 11 is 0. The second-order valence-electron chi connectivity index (χ2n) is 7.20. The number of hydrogen-bond acceptors (Lipinski definition) is 5. The SMILES string of the molecule is O=C(COC(=O)c1cc(C2CC2)[nH]n1)Nc1ccc(N2CCCCC2)cc1. The summed E-state index contributed by atoms with van der Waals surface area (Å²) in [4.78, 5) is 26.4. The molecule has 142 valence electrons. The van der Waals surface area contributed by atoms with Crippen LogP contribution in [0.4, 0.5) is 11.4 Å². The lowest BCUT2D eigenvalue weighted by Crippen LogP contribution is -2.29. The summed E-state index contributed by atoms with van der Waals surface area (Å²) in [6.45, 7) is 1.83. The number of benzene rings is 1. The molecule has 2 heterocycles. The third-order valence-electron chi connectivity index (χ3n) is 5.03. The molecule has 0 bridgehead atoms. The molecule has 0 radical (unpaired) electrons. The van der Waals surface area contributed by atoms with Gasteiger partial charge in [-0.15, -0.1) is 0 Å². The van der Waals surface area contributed by atoms with E-state index < -0.39 is 5.97 Å². The number of rotatable bonds is 6. The number of amides is 1. The van der Waals surface area contributed by atoms with E-state index in [-0.39, 0.29) is 18.2 Å². The van der Waals surface area contributed by atoms with Crippen molar-refractivity contribution in [3.05, 3.63) is 41.7 Å². The zero-order valence-corrected chi connectivity index (χ0v) is 15.2. The molecule has 1 saturated carbocycles. The predicted octanol–water partition coefficient (Wildman–Crippen LogP) is 3.07. The van der Waals surface area contributed by atoms with E-state index in [1.807, 2.05) is 24.3 Å². The summed E-state index contributed by atoms with van der Waals surface area (Å²) in [6, 6.07) is 9.47. The van der Waals surface area contributed by atoms with E-state index in [1.54, 1.807) is 6.07 Å². The molecule has 7 heteroatoms. The summed E-state index contributed by atoms with van der Waals surface area (Å²) < 4.78 is 5.05. The van der Waals surface area contributed by atoms with E-state index in [0.29, 0.717) is 11.6 Å². The Kier molecular flexibility index (Phi) is 5.09. The quantitative estimate of drug-likeness (QED) is 0.765. The molecule has 1 aromatic carbocycles. The monoisotopic (exact) mass is 368 g/mol. The van der Waals surface area contributed by atoms with Gasteiger partial charge in [-0.3, -0.25) is 9.89 Å². The average molecular weight is 368 g/mol. The lowest BCUT2D eigenvalue weighted by molar-refractivity contribution is -0.119. The summed E-state index contributed by atoms with van der Waals surface area (Å²) in [5.74, 6) is -0.476.